The summed E-state index contributed by atoms with van der Waals surface area (Å²) < 4.78 is 5.25. The first-order valence-corrected chi connectivity index (χ1v) is 5.73. The van der Waals surface area contributed by atoms with Crippen LogP contribution in [-0.4, -0.2) is 19.6 Å². The van der Waals surface area contributed by atoms with E-state index in [1.807, 2.05) is 26.0 Å². The summed E-state index contributed by atoms with van der Waals surface area (Å²) in [5.41, 5.74) is 8.35. The van der Waals surface area contributed by atoms with E-state index in [1.54, 1.807) is 7.11 Å². The maximum atomic E-state index is 11.6. The number of aryl methyl sites for hydroxylation is 2. The predicted molar refractivity (Wildman–Crippen MR) is 69.4 cm³/mol. The fourth-order valence-corrected chi connectivity index (χ4v) is 1.53. The highest BCUT2D eigenvalue weighted by Crippen LogP contribution is 2.28. The van der Waals surface area contributed by atoms with Gasteiger partial charge in [0.15, 0.2) is 0 Å². The van der Waals surface area contributed by atoms with Crippen LogP contribution in [0.25, 0.3) is 0 Å². The number of carbonyl (C=O) groups is 1. The van der Waals surface area contributed by atoms with E-state index in [9.17, 15) is 4.79 Å². The van der Waals surface area contributed by atoms with Gasteiger partial charge >= 0.3 is 0 Å². The van der Waals surface area contributed by atoms with Gasteiger partial charge in [-0.05, 0) is 50.1 Å². The molecule has 0 spiro atoms. The first-order valence-electron chi connectivity index (χ1n) is 5.73. The Morgan fingerprint density at radius 2 is 2.00 bits per heavy atom. The van der Waals surface area contributed by atoms with Gasteiger partial charge < -0.3 is 15.8 Å². The van der Waals surface area contributed by atoms with E-state index in [0.29, 0.717) is 25.1 Å². The lowest BCUT2D eigenvalue weighted by Crippen LogP contribution is -2.14. The molecule has 0 heterocycles. The molecule has 0 saturated heterocycles. The minimum absolute atomic E-state index is 0.0306. The van der Waals surface area contributed by atoms with Crippen molar-refractivity contribution in [3.8, 4) is 5.75 Å². The molecule has 0 aliphatic carbocycles. The Bertz CT molecular complexity index is 403. The van der Waals surface area contributed by atoms with Crippen LogP contribution in [0.1, 0.15) is 24.0 Å². The van der Waals surface area contributed by atoms with Gasteiger partial charge in [-0.25, -0.2) is 0 Å². The molecular weight excluding hydrogens is 216 g/mol. The number of carbonyl (C=O) groups excluding carboxylic acids is 1. The van der Waals surface area contributed by atoms with Gasteiger partial charge in [-0.3, -0.25) is 4.79 Å². The van der Waals surface area contributed by atoms with Gasteiger partial charge in [0, 0.05) is 6.42 Å². The van der Waals surface area contributed by atoms with E-state index in [2.05, 4.69) is 5.32 Å². The average molecular weight is 236 g/mol. The van der Waals surface area contributed by atoms with E-state index >= 15 is 0 Å². The van der Waals surface area contributed by atoms with E-state index in [-0.39, 0.29) is 5.91 Å². The van der Waals surface area contributed by atoms with Crippen LogP contribution in [0.4, 0.5) is 5.69 Å². The standard InChI is InChI=1S/C13H20N2O2/c1-9-7-11(12(17-3)8-10(9)2)15-13(16)5-4-6-14/h7-8H,4-6,14H2,1-3H3,(H,15,16). The number of nitrogens with two attached hydrogens (primary N) is 1. The summed E-state index contributed by atoms with van der Waals surface area (Å²) in [6, 6.07) is 3.85. The first-order chi connectivity index (χ1) is 8.08. The van der Waals surface area contributed by atoms with Crippen molar-refractivity contribution in [1.29, 1.82) is 0 Å². The van der Waals surface area contributed by atoms with Crippen molar-refractivity contribution < 1.29 is 9.53 Å². The Hall–Kier alpha value is -1.55. The molecule has 1 aromatic rings. The number of hydrogen-bond acceptors (Lipinski definition) is 3. The quantitative estimate of drug-likeness (QED) is 0.821. The molecule has 0 aliphatic heterocycles. The van der Waals surface area contributed by atoms with Gasteiger partial charge in [0.2, 0.25) is 5.91 Å². The molecule has 0 fully saturated rings. The largest absolute Gasteiger partial charge is 0.495 e. The summed E-state index contributed by atoms with van der Waals surface area (Å²) in [5, 5.41) is 2.84. The number of methoxy groups -OCH3 is 1. The highest BCUT2D eigenvalue weighted by Gasteiger charge is 2.09. The Morgan fingerprint density at radius 1 is 1.35 bits per heavy atom. The number of nitrogens with one attached hydrogen (secondary N) is 1. The zero-order valence-corrected chi connectivity index (χ0v) is 10.7. The molecule has 0 bridgehead atoms. The molecule has 0 saturated carbocycles. The second-order valence-electron chi connectivity index (χ2n) is 4.08. The number of rotatable bonds is 5. The third kappa shape index (κ3) is 3.75. The molecule has 0 aliphatic rings. The number of amides is 1. The van der Waals surface area contributed by atoms with Crippen molar-refractivity contribution in [1.82, 2.24) is 0 Å². The molecule has 94 valence electrons. The fourth-order valence-electron chi connectivity index (χ4n) is 1.53. The molecule has 1 rings (SSSR count). The molecule has 0 aromatic heterocycles. The minimum atomic E-state index is -0.0306. The predicted octanol–water partition coefficient (Wildman–Crippen LogP) is 1.99. The lowest BCUT2D eigenvalue weighted by atomic mass is 10.1. The van der Waals surface area contributed by atoms with Gasteiger partial charge in [0.05, 0.1) is 12.8 Å². The molecular formula is C13H20N2O2. The smallest absolute Gasteiger partial charge is 0.224 e. The van der Waals surface area contributed by atoms with Crippen LogP contribution < -0.4 is 15.8 Å². The molecule has 3 N–H and O–H groups in total. The second kappa shape index (κ2) is 6.25. The van der Waals surface area contributed by atoms with E-state index in [0.717, 1.165) is 16.8 Å². The zero-order valence-electron chi connectivity index (χ0n) is 10.7. The number of ether oxygens (including phenoxy) is 1. The van der Waals surface area contributed by atoms with Gasteiger partial charge in [-0.2, -0.15) is 0 Å². The SMILES string of the molecule is COc1cc(C)c(C)cc1NC(=O)CCCN. The zero-order chi connectivity index (χ0) is 12.8. The number of anilines is 1. The third-order valence-electron chi connectivity index (χ3n) is 2.70. The second-order valence-corrected chi connectivity index (χ2v) is 4.08. The summed E-state index contributed by atoms with van der Waals surface area (Å²) in [6.45, 7) is 4.54. The maximum absolute atomic E-state index is 11.6. The fraction of sp³-hybridized carbons (Fsp3) is 0.462. The van der Waals surface area contributed by atoms with E-state index < -0.39 is 0 Å². The topological polar surface area (TPSA) is 64.3 Å². The number of benzene rings is 1. The summed E-state index contributed by atoms with van der Waals surface area (Å²) in [6.07, 6.45) is 1.13. The highest BCUT2D eigenvalue weighted by molar-refractivity contribution is 5.92. The minimum Gasteiger partial charge on any atom is -0.495 e. The van der Waals surface area contributed by atoms with Gasteiger partial charge in [-0.15, -0.1) is 0 Å². The maximum Gasteiger partial charge on any atom is 0.224 e. The normalized spacial score (nSPS) is 10.1. The molecule has 17 heavy (non-hydrogen) atoms. The number of hydrogen-bond donors (Lipinski definition) is 2. The van der Waals surface area contributed by atoms with Crippen molar-refractivity contribution in [3.63, 3.8) is 0 Å². The van der Waals surface area contributed by atoms with Crippen LogP contribution in [0.2, 0.25) is 0 Å². The summed E-state index contributed by atoms with van der Waals surface area (Å²) in [7, 11) is 1.60. The van der Waals surface area contributed by atoms with Crippen LogP contribution in [0.5, 0.6) is 5.75 Å². The van der Waals surface area contributed by atoms with Crippen molar-refractivity contribution in [2.75, 3.05) is 19.0 Å². The van der Waals surface area contributed by atoms with Crippen molar-refractivity contribution in [2.24, 2.45) is 5.73 Å². The van der Waals surface area contributed by atoms with Crippen LogP contribution in [0.3, 0.4) is 0 Å². The summed E-state index contributed by atoms with van der Waals surface area (Å²) in [4.78, 5) is 11.6. The lowest BCUT2D eigenvalue weighted by molar-refractivity contribution is -0.116. The molecule has 4 nitrogen and oxygen atoms in total. The van der Waals surface area contributed by atoms with Crippen LogP contribution in [0.15, 0.2) is 12.1 Å². The third-order valence-corrected chi connectivity index (χ3v) is 2.70. The Balaban J connectivity index is 2.82. The monoisotopic (exact) mass is 236 g/mol. The van der Waals surface area contributed by atoms with Crippen LogP contribution in [-0.2, 0) is 4.79 Å². The lowest BCUT2D eigenvalue weighted by Gasteiger charge is -2.12. The Kier molecular flexibility index (Phi) is 4.97. The Morgan fingerprint density at radius 3 is 2.59 bits per heavy atom. The molecule has 0 atom stereocenters. The van der Waals surface area contributed by atoms with Gasteiger partial charge in [-0.1, -0.05) is 0 Å². The molecule has 1 amide bonds. The molecule has 0 radical (unpaired) electrons. The highest BCUT2D eigenvalue weighted by atomic mass is 16.5. The molecule has 4 heteroatoms. The van der Waals surface area contributed by atoms with E-state index in [1.165, 1.54) is 0 Å². The Labute approximate surface area is 102 Å². The summed E-state index contributed by atoms with van der Waals surface area (Å²) in [5.74, 6) is 0.659. The average Bonchev–Trinajstić information content (AvgIpc) is 2.31. The molecule has 0 unspecified atom stereocenters. The molecule has 1 aromatic carbocycles. The van der Waals surface area contributed by atoms with Crippen LogP contribution >= 0.6 is 0 Å². The summed E-state index contributed by atoms with van der Waals surface area (Å²) >= 11 is 0. The van der Waals surface area contributed by atoms with E-state index in [4.69, 9.17) is 10.5 Å². The van der Waals surface area contributed by atoms with Gasteiger partial charge in [0.1, 0.15) is 5.75 Å². The van der Waals surface area contributed by atoms with Crippen molar-refractivity contribution in [2.45, 2.75) is 26.7 Å². The van der Waals surface area contributed by atoms with Crippen molar-refractivity contribution in [3.05, 3.63) is 23.3 Å². The van der Waals surface area contributed by atoms with Crippen LogP contribution in [0, 0.1) is 13.8 Å². The van der Waals surface area contributed by atoms with Crippen molar-refractivity contribution >= 4 is 11.6 Å². The first kappa shape index (κ1) is 13.5. The van der Waals surface area contributed by atoms with Gasteiger partial charge in [0.25, 0.3) is 0 Å².